The molecule has 132 valence electrons. The summed E-state index contributed by atoms with van der Waals surface area (Å²) in [7, 11) is 1.55. The third-order valence-corrected chi connectivity index (χ3v) is 4.52. The molecule has 7 heteroatoms. The maximum absolute atomic E-state index is 12.5. The minimum absolute atomic E-state index is 0.0237. The van der Waals surface area contributed by atoms with E-state index in [1.807, 2.05) is 30.3 Å². The highest BCUT2D eigenvalue weighted by Crippen LogP contribution is 2.23. The van der Waals surface area contributed by atoms with E-state index in [-0.39, 0.29) is 11.9 Å². The van der Waals surface area contributed by atoms with E-state index in [4.69, 9.17) is 4.74 Å². The van der Waals surface area contributed by atoms with E-state index in [9.17, 15) is 4.79 Å². The van der Waals surface area contributed by atoms with Crippen molar-refractivity contribution >= 4 is 5.91 Å². The molecule has 1 atom stereocenters. The summed E-state index contributed by atoms with van der Waals surface area (Å²) in [4.78, 5) is 16.6. The lowest BCUT2D eigenvalue weighted by molar-refractivity contribution is 0.0927. The normalized spacial score (nSPS) is 16.0. The first-order valence-corrected chi connectivity index (χ1v) is 8.53. The molecule has 3 heterocycles. The third kappa shape index (κ3) is 3.15. The molecule has 1 N–H and O–H groups in total. The first-order chi connectivity index (χ1) is 12.7. The Balaban J connectivity index is 1.49. The summed E-state index contributed by atoms with van der Waals surface area (Å²) >= 11 is 0. The molecule has 1 aliphatic rings. The fourth-order valence-corrected chi connectivity index (χ4v) is 3.15. The summed E-state index contributed by atoms with van der Waals surface area (Å²) in [5.41, 5.74) is 1.54. The number of amides is 1. The van der Waals surface area contributed by atoms with E-state index in [1.54, 1.807) is 19.2 Å². The van der Waals surface area contributed by atoms with Gasteiger partial charge in [0.2, 0.25) is 5.88 Å². The summed E-state index contributed by atoms with van der Waals surface area (Å²) < 4.78 is 7.12. The van der Waals surface area contributed by atoms with E-state index >= 15 is 0 Å². The highest BCUT2D eigenvalue weighted by Gasteiger charge is 2.25. The number of nitrogens with one attached hydrogen (secondary N) is 1. The second kappa shape index (κ2) is 6.95. The van der Waals surface area contributed by atoms with Crippen LogP contribution in [0.4, 0.5) is 0 Å². The number of pyridine rings is 1. The number of nitrogens with zero attached hydrogens (tertiary/aromatic N) is 4. The van der Waals surface area contributed by atoms with Crippen LogP contribution >= 0.6 is 0 Å². The maximum atomic E-state index is 12.5. The van der Waals surface area contributed by atoms with Crippen LogP contribution in [0.2, 0.25) is 0 Å². The molecule has 3 aromatic rings. The lowest BCUT2D eigenvalue weighted by Crippen LogP contribution is -2.41. The topological polar surface area (TPSA) is 81.9 Å². The molecule has 1 amide bonds. The number of benzene rings is 1. The number of carbonyl (C=O) groups excluding carboxylic acids is 1. The van der Waals surface area contributed by atoms with Crippen LogP contribution in [0.25, 0.3) is 11.4 Å². The fraction of sp³-hybridized carbons (Fsp3) is 0.263. The smallest absolute Gasteiger partial charge is 0.253 e. The predicted molar refractivity (Wildman–Crippen MR) is 95.8 cm³/mol. The fourth-order valence-electron chi connectivity index (χ4n) is 3.15. The molecular weight excluding hydrogens is 330 g/mol. The summed E-state index contributed by atoms with van der Waals surface area (Å²) in [6, 6.07) is 13.4. The Morgan fingerprint density at radius 1 is 1.19 bits per heavy atom. The average Bonchev–Trinajstić information content (AvgIpc) is 3.12. The predicted octanol–water partition coefficient (Wildman–Crippen LogP) is 2.09. The molecule has 0 saturated heterocycles. The van der Waals surface area contributed by atoms with Gasteiger partial charge in [-0.2, -0.15) is 0 Å². The van der Waals surface area contributed by atoms with Gasteiger partial charge in [0.05, 0.1) is 12.7 Å². The lowest BCUT2D eigenvalue weighted by Gasteiger charge is -2.25. The van der Waals surface area contributed by atoms with Crippen molar-refractivity contribution in [1.82, 2.24) is 25.1 Å². The van der Waals surface area contributed by atoms with Gasteiger partial charge in [-0.15, -0.1) is 10.2 Å². The minimum atomic E-state index is -0.136. The number of fused-ring (bicyclic) bond motifs is 1. The molecule has 0 saturated carbocycles. The number of rotatable bonds is 4. The second-order valence-corrected chi connectivity index (χ2v) is 6.21. The molecule has 0 radical (unpaired) electrons. The average molecular weight is 349 g/mol. The first-order valence-electron chi connectivity index (χ1n) is 8.53. The second-order valence-electron chi connectivity index (χ2n) is 6.21. The van der Waals surface area contributed by atoms with Gasteiger partial charge in [0, 0.05) is 36.8 Å². The summed E-state index contributed by atoms with van der Waals surface area (Å²) in [6.45, 7) is 0.655. The zero-order chi connectivity index (χ0) is 17.9. The van der Waals surface area contributed by atoms with E-state index in [2.05, 4.69) is 25.1 Å². The van der Waals surface area contributed by atoms with Crippen LogP contribution in [0.3, 0.4) is 0 Å². The molecule has 1 aliphatic heterocycles. The number of methoxy groups -OCH3 is 1. The highest BCUT2D eigenvalue weighted by molar-refractivity contribution is 5.94. The van der Waals surface area contributed by atoms with Crippen LogP contribution in [-0.4, -0.2) is 38.8 Å². The summed E-state index contributed by atoms with van der Waals surface area (Å²) in [5.74, 6) is 2.15. The Morgan fingerprint density at radius 2 is 2.04 bits per heavy atom. The Morgan fingerprint density at radius 3 is 2.77 bits per heavy atom. The Bertz CT molecular complexity index is 905. The quantitative estimate of drug-likeness (QED) is 0.780. The van der Waals surface area contributed by atoms with Crippen molar-refractivity contribution in [2.75, 3.05) is 7.11 Å². The van der Waals surface area contributed by atoms with Gasteiger partial charge in [-0.05, 0) is 12.5 Å². The van der Waals surface area contributed by atoms with E-state index in [1.165, 1.54) is 6.20 Å². The first kappa shape index (κ1) is 16.3. The number of hydrogen-bond donors (Lipinski definition) is 1. The van der Waals surface area contributed by atoms with Crippen molar-refractivity contribution in [3.63, 3.8) is 0 Å². The van der Waals surface area contributed by atoms with Crippen LogP contribution in [0, 0.1) is 0 Å². The number of ether oxygens (including phenoxy) is 1. The Labute approximate surface area is 151 Å². The van der Waals surface area contributed by atoms with Gasteiger partial charge < -0.3 is 14.6 Å². The van der Waals surface area contributed by atoms with Gasteiger partial charge in [-0.1, -0.05) is 30.3 Å². The van der Waals surface area contributed by atoms with Crippen LogP contribution in [0.5, 0.6) is 5.88 Å². The number of hydrogen-bond acceptors (Lipinski definition) is 5. The van der Waals surface area contributed by atoms with E-state index in [0.717, 1.165) is 30.1 Å². The van der Waals surface area contributed by atoms with Crippen LogP contribution < -0.4 is 10.1 Å². The van der Waals surface area contributed by atoms with Crippen molar-refractivity contribution in [1.29, 1.82) is 0 Å². The number of aromatic nitrogens is 4. The zero-order valence-electron chi connectivity index (χ0n) is 14.4. The highest BCUT2D eigenvalue weighted by atomic mass is 16.5. The SMILES string of the molecule is COc1ccc(C(=O)N[C@@H]2CCc3nnc(-c4ccccc4)n3C2)cn1. The van der Waals surface area contributed by atoms with Gasteiger partial charge in [0.1, 0.15) is 5.82 Å². The van der Waals surface area contributed by atoms with E-state index < -0.39 is 0 Å². The van der Waals surface area contributed by atoms with Gasteiger partial charge in [-0.25, -0.2) is 4.98 Å². The van der Waals surface area contributed by atoms with Gasteiger partial charge in [-0.3, -0.25) is 4.79 Å². The van der Waals surface area contributed by atoms with Crippen LogP contribution in [-0.2, 0) is 13.0 Å². The zero-order valence-corrected chi connectivity index (χ0v) is 14.4. The molecule has 0 unspecified atom stereocenters. The van der Waals surface area contributed by atoms with Gasteiger partial charge >= 0.3 is 0 Å². The standard InChI is InChI=1S/C19H19N5O2/c1-26-17-10-7-14(11-20-17)19(25)21-15-8-9-16-22-23-18(24(16)12-15)13-5-3-2-4-6-13/h2-7,10-11,15H,8-9,12H2,1H3,(H,21,25)/t15-/m1/s1. The molecule has 2 aromatic heterocycles. The molecule has 0 aliphatic carbocycles. The van der Waals surface area contributed by atoms with E-state index in [0.29, 0.717) is 18.0 Å². The van der Waals surface area contributed by atoms with Crippen molar-refractivity contribution in [3.05, 3.63) is 60.0 Å². The number of carbonyl (C=O) groups is 1. The monoisotopic (exact) mass is 349 g/mol. The summed E-state index contributed by atoms with van der Waals surface area (Å²) in [5, 5.41) is 11.7. The molecule has 4 rings (SSSR count). The largest absolute Gasteiger partial charge is 0.481 e. The Hall–Kier alpha value is -3.22. The maximum Gasteiger partial charge on any atom is 0.253 e. The number of aryl methyl sites for hydroxylation is 1. The molecule has 0 spiro atoms. The van der Waals surface area contributed by atoms with Crippen molar-refractivity contribution in [3.8, 4) is 17.3 Å². The molecule has 1 aromatic carbocycles. The summed E-state index contributed by atoms with van der Waals surface area (Å²) in [6.07, 6.45) is 3.14. The molecule has 0 fully saturated rings. The van der Waals surface area contributed by atoms with Gasteiger partial charge in [0.25, 0.3) is 5.91 Å². The minimum Gasteiger partial charge on any atom is -0.481 e. The molecule has 26 heavy (non-hydrogen) atoms. The van der Waals surface area contributed by atoms with Crippen molar-refractivity contribution < 1.29 is 9.53 Å². The van der Waals surface area contributed by atoms with Crippen LogP contribution in [0.1, 0.15) is 22.6 Å². The molecule has 7 nitrogen and oxygen atoms in total. The van der Waals surface area contributed by atoms with Gasteiger partial charge in [0.15, 0.2) is 5.82 Å². The Kier molecular flexibility index (Phi) is 4.35. The molecular formula is C19H19N5O2. The third-order valence-electron chi connectivity index (χ3n) is 4.52. The molecule has 0 bridgehead atoms. The lowest BCUT2D eigenvalue weighted by atomic mass is 10.1. The van der Waals surface area contributed by atoms with Crippen molar-refractivity contribution in [2.45, 2.75) is 25.4 Å². The van der Waals surface area contributed by atoms with Crippen LogP contribution in [0.15, 0.2) is 48.7 Å². The van der Waals surface area contributed by atoms with Crippen molar-refractivity contribution in [2.24, 2.45) is 0 Å².